The van der Waals surface area contributed by atoms with Crippen molar-refractivity contribution in [2.45, 2.75) is 44.9 Å². The largest absolute Gasteiger partial charge is 0.478 e. The van der Waals surface area contributed by atoms with Crippen molar-refractivity contribution in [3.8, 4) is 17.1 Å². The van der Waals surface area contributed by atoms with Crippen LogP contribution in [-0.2, 0) is 30.9 Å². The van der Waals surface area contributed by atoms with E-state index in [0.717, 1.165) is 36.4 Å². The van der Waals surface area contributed by atoms with Crippen molar-refractivity contribution in [2.75, 3.05) is 0 Å². The van der Waals surface area contributed by atoms with Crippen LogP contribution in [0.5, 0.6) is 5.75 Å². The number of hydrogen-bond donors (Lipinski definition) is 1. The fraction of sp³-hybridized carbons (Fsp3) is 0.348. The Balaban J connectivity index is 1.58. The SMILES string of the molecule is Cn1nc(-c2ccc(C(F)(F)F)cc2)nc1CCCc1ccc(OC(C)(C)C(=O)O)cc1. The number of carboxylic acid groups (broad SMARTS) is 1. The molecule has 0 aliphatic heterocycles. The Kier molecular flexibility index (Phi) is 6.57. The molecule has 0 aliphatic carbocycles. The Morgan fingerprint density at radius 1 is 1.03 bits per heavy atom. The fourth-order valence-corrected chi connectivity index (χ4v) is 3.08. The fourth-order valence-electron chi connectivity index (χ4n) is 3.08. The monoisotopic (exact) mass is 447 g/mol. The quantitative estimate of drug-likeness (QED) is 0.531. The topological polar surface area (TPSA) is 77.2 Å². The number of carbonyl (C=O) groups is 1. The molecule has 170 valence electrons. The highest BCUT2D eigenvalue weighted by molar-refractivity contribution is 5.76. The smallest absolute Gasteiger partial charge is 0.416 e. The van der Waals surface area contributed by atoms with Gasteiger partial charge in [-0.2, -0.15) is 18.3 Å². The van der Waals surface area contributed by atoms with Gasteiger partial charge in [-0.15, -0.1) is 0 Å². The first-order valence-electron chi connectivity index (χ1n) is 10.0. The number of rotatable bonds is 8. The summed E-state index contributed by atoms with van der Waals surface area (Å²) in [4.78, 5) is 15.6. The van der Waals surface area contributed by atoms with E-state index in [1.807, 2.05) is 12.1 Å². The van der Waals surface area contributed by atoms with Crippen LogP contribution in [0.1, 0.15) is 37.2 Å². The molecule has 32 heavy (non-hydrogen) atoms. The van der Waals surface area contributed by atoms with E-state index in [4.69, 9.17) is 9.84 Å². The van der Waals surface area contributed by atoms with Crippen molar-refractivity contribution in [1.29, 1.82) is 0 Å². The number of carboxylic acids is 1. The molecule has 0 unspecified atom stereocenters. The number of nitrogens with zero attached hydrogens (tertiary/aromatic N) is 3. The summed E-state index contributed by atoms with van der Waals surface area (Å²) in [6.07, 6.45) is -2.17. The number of aliphatic carboxylic acids is 1. The second-order valence-corrected chi connectivity index (χ2v) is 7.97. The number of aromatic nitrogens is 3. The van der Waals surface area contributed by atoms with Crippen LogP contribution in [0.2, 0.25) is 0 Å². The van der Waals surface area contributed by atoms with E-state index in [1.165, 1.54) is 26.0 Å². The summed E-state index contributed by atoms with van der Waals surface area (Å²) in [5.74, 6) is 0.568. The normalized spacial score (nSPS) is 12.1. The molecule has 0 aliphatic rings. The summed E-state index contributed by atoms with van der Waals surface area (Å²) >= 11 is 0. The Bertz CT molecular complexity index is 1070. The van der Waals surface area contributed by atoms with Gasteiger partial charge in [0.25, 0.3) is 0 Å². The van der Waals surface area contributed by atoms with Gasteiger partial charge in [0.15, 0.2) is 11.4 Å². The summed E-state index contributed by atoms with van der Waals surface area (Å²) in [6, 6.07) is 12.0. The second-order valence-electron chi connectivity index (χ2n) is 7.97. The molecule has 2 aromatic carbocycles. The van der Waals surface area contributed by atoms with Gasteiger partial charge in [0.05, 0.1) is 5.56 Å². The van der Waals surface area contributed by atoms with E-state index in [1.54, 1.807) is 23.9 Å². The first-order valence-corrected chi connectivity index (χ1v) is 10.0. The van der Waals surface area contributed by atoms with Crippen LogP contribution in [0, 0.1) is 0 Å². The number of hydrogen-bond acceptors (Lipinski definition) is 4. The average Bonchev–Trinajstić information content (AvgIpc) is 3.09. The Labute approximate surface area is 183 Å². The van der Waals surface area contributed by atoms with Crippen molar-refractivity contribution < 1.29 is 27.8 Å². The lowest BCUT2D eigenvalue weighted by Crippen LogP contribution is -2.37. The van der Waals surface area contributed by atoms with Crippen molar-refractivity contribution >= 4 is 5.97 Å². The first-order chi connectivity index (χ1) is 15.0. The van der Waals surface area contributed by atoms with Gasteiger partial charge in [0, 0.05) is 19.0 Å². The van der Waals surface area contributed by atoms with Crippen LogP contribution in [0.3, 0.4) is 0 Å². The van der Waals surface area contributed by atoms with E-state index in [2.05, 4.69) is 10.1 Å². The lowest BCUT2D eigenvalue weighted by molar-refractivity contribution is -0.152. The third-order valence-corrected chi connectivity index (χ3v) is 5.00. The van der Waals surface area contributed by atoms with Crippen LogP contribution >= 0.6 is 0 Å². The van der Waals surface area contributed by atoms with E-state index in [-0.39, 0.29) is 0 Å². The maximum atomic E-state index is 12.7. The van der Waals surface area contributed by atoms with Crippen molar-refractivity contribution in [3.63, 3.8) is 0 Å². The molecule has 1 heterocycles. The van der Waals surface area contributed by atoms with Gasteiger partial charge < -0.3 is 9.84 Å². The van der Waals surface area contributed by atoms with Gasteiger partial charge in [0.1, 0.15) is 11.6 Å². The predicted octanol–water partition coefficient (Wildman–Crippen LogP) is 4.92. The molecule has 0 atom stereocenters. The van der Waals surface area contributed by atoms with Crippen LogP contribution in [0.4, 0.5) is 13.2 Å². The van der Waals surface area contributed by atoms with Crippen LogP contribution in [0.15, 0.2) is 48.5 Å². The van der Waals surface area contributed by atoms with Crippen LogP contribution < -0.4 is 4.74 Å². The third kappa shape index (κ3) is 5.66. The zero-order valence-electron chi connectivity index (χ0n) is 18.0. The van der Waals surface area contributed by atoms with E-state index in [9.17, 15) is 18.0 Å². The minimum atomic E-state index is -4.38. The lowest BCUT2D eigenvalue weighted by atomic mass is 10.1. The Morgan fingerprint density at radius 2 is 1.66 bits per heavy atom. The van der Waals surface area contributed by atoms with Gasteiger partial charge in [-0.1, -0.05) is 24.3 Å². The van der Waals surface area contributed by atoms with Gasteiger partial charge >= 0.3 is 12.1 Å². The summed E-state index contributed by atoms with van der Waals surface area (Å²) in [5, 5.41) is 13.5. The maximum Gasteiger partial charge on any atom is 0.416 e. The van der Waals surface area contributed by atoms with Crippen LogP contribution in [0.25, 0.3) is 11.4 Å². The van der Waals surface area contributed by atoms with Crippen molar-refractivity contribution in [1.82, 2.24) is 14.8 Å². The van der Waals surface area contributed by atoms with Gasteiger partial charge in [-0.05, 0) is 56.5 Å². The van der Waals surface area contributed by atoms with E-state index >= 15 is 0 Å². The number of ether oxygens (including phenoxy) is 1. The maximum absolute atomic E-state index is 12.7. The lowest BCUT2D eigenvalue weighted by Gasteiger charge is -2.21. The zero-order chi connectivity index (χ0) is 23.5. The molecule has 0 fully saturated rings. The Morgan fingerprint density at radius 3 is 2.22 bits per heavy atom. The first kappa shape index (κ1) is 23.3. The molecule has 0 bridgehead atoms. The third-order valence-electron chi connectivity index (χ3n) is 5.00. The molecule has 1 N–H and O–H groups in total. The minimum Gasteiger partial charge on any atom is -0.478 e. The van der Waals surface area contributed by atoms with Crippen molar-refractivity contribution in [2.24, 2.45) is 7.05 Å². The molecular formula is C23H24F3N3O3. The second kappa shape index (κ2) is 9.02. The molecule has 1 aromatic heterocycles. The number of alkyl halides is 3. The zero-order valence-corrected chi connectivity index (χ0v) is 18.0. The summed E-state index contributed by atoms with van der Waals surface area (Å²) in [5.41, 5.74) is -0.423. The minimum absolute atomic E-state index is 0.388. The van der Waals surface area contributed by atoms with Gasteiger partial charge in [-0.25, -0.2) is 9.78 Å². The molecule has 6 nitrogen and oxygen atoms in total. The molecule has 0 saturated heterocycles. The molecule has 9 heteroatoms. The van der Waals surface area contributed by atoms with E-state index < -0.39 is 23.3 Å². The molecule has 0 radical (unpaired) electrons. The van der Waals surface area contributed by atoms with Gasteiger partial charge in [0.2, 0.25) is 0 Å². The highest BCUT2D eigenvalue weighted by Crippen LogP contribution is 2.30. The summed E-state index contributed by atoms with van der Waals surface area (Å²) in [7, 11) is 1.76. The highest BCUT2D eigenvalue weighted by atomic mass is 19.4. The number of aryl methyl sites for hydroxylation is 3. The summed E-state index contributed by atoms with van der Waals surface area (Å²) < 4.78 is 45.3. The Hall–Kier alpha value is -3.36. The highest BCUT2D eigenvalue weighted by Gasteiger charge is 2.30. The van der Waals surface area contributed by atoms with E-state index in [0.29, 0.717) is 23.6 Å². The number of benzene rings is 2. The molecule has 0 amide bonds. The molecular weight excluding hydrogens is 423 g/mol. The van der Waals surface area contributed by atoms with Crippen molar-refractivity contribution in [3.05, 3.63) is 65.5 Å². The number of halogens is 3. The average molecular weight is 447 g/mol. The predicted molar refractivity (Wildman–Crippen MR) is 112 cm³/mol. The molecule has 3 rings (SSSR count). The van der Waals surface area contributed by atoms with Crippen LogP contribution in [-0.4, -0.2) is 31.4 Å². The van der Waals surface area contributed by atoms with Gasteiger partial charge in [-0.3, -0.25) is 4.68 Å². The molecule has 0 saturated carbocycles. The molecule has 3 aromatic rings. The molecule has 0 spiro atoms. The summed E-state index contributed by atoms with van der Waals surface area (Å²) in [6.45, 7) is 2.98. The standard InChI is InChI=1S/C23H24F3N3O3/c1-22(2,21(30)31)32-18-13-7-15(8-14-18)5-4-6-19-27-20(28-29(19)3)16-9-11-17(12-10-16)23(24,25)26/h7-14H,4-6H2,1-3H3,(H,30,31).